The van der Waals surface area contributed by atoms with Gasteiger partial charge in [-0.25, -0.2) is 0 Å². The molecule has 0 saturated heterocycles. The highest BCUT2D eigenvalue weighted by atomic mass is 32.2. The van der Waals surface area contributed by atoms with Crippen LogP contribution in [-0.4, -0.2) is 39.7 Å². The van der Waals surface area contributed by atoms with E-state index in [1.165, 1.54) is 18.6 Å². The van der Waals surface area contributed by atoms with Crippen LogP contribution in [0, 0.1) is 5.41 Å². The van der Waals surface area contributed by atoms with Gasteiger partial charge in [0, 0.05) is 41.1 Å². The van der Waals surface area contributed by atoms with Crippen molar-refractivity contribution in [3.63, 3.8) is 0 Å². The first-order valence-corrected chi connectivity index (χ1v) is 9.37. The highest BCUT2D eigenvalue weighted by Gasteiger charge is 2.29. The van der Waals surface area contributed by atoms with E-state index >= 15 is 0 Å². The Kier molecular flexibility index (Phi) is 6.71. The van der Waals surface area contributed by atoms with Crippen molar-refractivity contribution in [2.45, 2.75) is 45.3 Å². The van der Waals surface area contributed by atoms with Crippen LogP contribution in [0.3, 0.4) is 0 Å². The van der Waals surface area contributed by atoms with Gasteiger partial charge in [-0.15, -0.1) is 0 Å². The lowest BCUT2D eigenvalue weighted by Gasteiger charge is -2.33. The molecule has 0 aromatic heterocycles. The van der Waals surface area contributed by atoms with Crippen LogP contribution in [-0.2, 0) is 10.8 Å². The zero-order chi connectivity index (χ0) is 13.6. The summed E-state index contributed by atoms with van der Waals surface area (Å²) in [5.74, 6) is 1.17. The smallest absolute Gasteiger partial charge is 0.156 e. The van der Waals surface area contributed by atoms with E-state index in [-0.39, 0.29) is 5.25 Å². The van der Waals surface area contributed by atoms with E-state index in [1.807, 2.05) is 18.7 Å². The molecule has 0 bridgehead atoms. The number of nitrogens with zero attached hydrogens (tertiary/aromatic N) is 1. The molecule has 1 rings (SSSR count). The standard InChI is InChI=1S/C13H26N2OS2/c1-5-13(6-2)9-15-12(17-10-13)14-8-7-11(3)18(4)16/h11H,5-10H2,1-4H3,(H,14,15). The first-order valence-electron chi connectivity index (χ1n) is 6.76. The predicted molar refractivity (Wildman–Crippen MR) is 83.9 cm³/mol. The van der Waals surface area contributed by atoms with Crippen LogP contribution in [0.5, 0.6) is 0 Å². The molecule has 2 atom stereocenters. The molecule has 0 saturated carbocycles. The van der Waals surface area contributed by atoms with Crippen molar-refractivity contribution in [1.82, 2.24) is 5.32 Å². The molecule has 106 valence electrons. The van der Waals surface area contributed by atoms with Gasteiger partial charge in [0.25, 0.3) is 0 Å². The maximum atomic E-state index is 11.2. The number of rotatable bonds is 6. The molecule has 0 spiro atoms. The summed E-state index contributed by atoms with van der Waals surface area (Å²) >= 11 is 1.84. The largest absolute Gasteiger partial charge is 0.365 e. The summed E-state index contributed by atoms with van der Waals surface area (Å²) in [6.07, 6.45) is 5.13. The summed E-state index contributed by atoms with van der Waals surface area (Å²) in [6.45, 7) is 8.38. The summed E-state index contributed by atoms with van der Waals surface area (Å²) in [5, 5.41) is 4.70. The molecule has 18 heavy (non-hydrogen) atoms. The van der Waals surface area contributed by atoms with Crippen LogP contribution < -0.4 is 5.32 Å². The van der Waals surface area contributed by atoms with E-state index in [1.54, 1.807) is 6.26 Å². The molecule has 1 aliphatic heterocycles. The van der Waals surface area contributed by atoms with Gasteiger partial charge in [-0.1, -0.05) is 32.5 Å². The molecular formula is C13H26N2OS2. The Balaban J connectivity index is 2.34. The van der Waals surface area contributed by atoms with Crippen LogP contribution in [0.25, 0.3) is 0 Å². The van der Waals surface area contributed by atoms with E-state index in [0.29, 0.717) is 5.41 Å². The van der Waals surface area contributed by atoms with Gasteiger partial charge in [0.15, 0.2) is 5.17 Å². The van der Waals surface area contributed by atoms with Gasteiger partial charge >= 0.3 is 0 Å². The number of thioether (sulfide) groups is 1. The van der Waals surface area contributed by atoms with Gasteiger partial charge in [0.2, 0.25) is 0 Å². The van der Waals surface area contributed by atoms with Gasteiger partial charge in [-0.2, -0.15) is 0 Å². The molecule has 5 heteroatoms. The van der Waals surface area contributed by atoms with Gasteiger partial charge in [-0.3, -0.25) is 9.20 Å². The topological polar surface area (TPSA) is 41.5 Å². The number of hydrogen-bond acceptors (Lipinski definition) is 4. The van der Waals surface area contributed by atoms with Crippen molar-refractivity contribution >= 4 is 27.7 Å². The molecule has 3 nitrogen and oxygen atoms in total. The van der Waals surface area contributed by atoms with Gasteiger partial charge in [0.05, 0.1) is 0 Å². The maximum Gasteiger partial charge on any atom is 0.156 e. The minimum atomic E-state index is -0.719. The first-order chi connectivity index (χ1) is 8.53. The van der Waals surface area contributed by atoms with E-state index in [9.17, 15) is 4.21 Å². The fraction of sp³-hybridized carbons (Fsp3) is 0.923. The maximum absolute atomic E-state index is 11.2. The molecule has 0 aromatic rings. The Labute approximate surface area is 118 Å². The number of amidine groups is 1. The zero-order valence-electron chi connectivity index (χ0n) is 12.0. The van der Waals surface area contributed by atoms with E-state index < -0.39 is 10.8 Å². The molecule has 2 unspecified atom stereocenters. The summed E-state index contributed by atoms with van der Waals surface area (Å²) in [4.78, 5) is 4.66. The lowest BCUT2D eigenvalue weighted by Crippen LogP contribution is -2.35. The van der Waals surface area contributed by atoms with Crippen molar-refractivity contribution in [1.29, 1.82) is 0 Å². The molecule has 0 amide bonds. The number of aliphatic imine (C=N–C) groups is 1. The molecular weight excluding hydrogens is 264 g/mol. The van der Waals surface area contributed by atoms with E-state index in [0.717, 1.165) is 24.7 Å². The first kappa shape index (κ1) is 16.0. The third kappa shape index (κ3) is 4.57. The molecule has 1 heterocycles. The lowest BCUT2D eigenvalue weighted by atomic mass is 9.84. The summed E-state index contributed by atoms with van der Waals surface area (Å²) < 4.78 is 11.2. The van der Waals surface area contributed by atoms with Crippen LogP contribution >= 0.6 is 11.8 Å². The van der Waals surface area contributed by atoms with Crippen LogP contribution in [0.4, 0.5) is 0 Å². The van der Waals surface area contributed by atoms with Crippen LogP contribution in [0.2, 0.25) is 0 Å². The average Bonchev–Trinajstić information content (AvgIpc) is 2.39. The second-order valence-electron chi connectivity index (χ2n) is 5.14. The van der Waals surface area contributed by atoms with Crippen molar-refractivity contribution < 1.29 is 4.21 Å². The molecule has 0 fully saturated rings. The number of hydrogen-bond donors (Lipinski definition) is 1. The quantitative estimate of drug-likeness (QED) is 0.817. The third-order valence-corrected chi connectivity index (χ3v) is 6.64. The predicted octanol–water partition coefficient (Wildman–Crippen LogP) is 2.64. The van der Waals surface area contributed by atoms with Gasteiger partial charge in [-0.05, 0) is 24.7 Å². The minimum Gasteiger partial charge on any atom is -0.365 e. The third-order valence-electron chi connectivity index (χ3n) is 3.97. The molecule has 1 aliphatic rings. The number of nitrogens with one attached hydrogen (secondary N) is 1. The summed E-state index contributed by atoms with van der Waals surface area (Å²) in [7, 11) is -0.719. The van der Waals surface area contributed by atoms with Gasteiger partial charge in [0.1, 0.15) is 0 Å². The Morgan fingerprint density at radius 2 is 2.17 bits per heavy atom. The van der Waals surface area contributed by atoms with Gasteiger partial charge < -0.3 is 5.32 Å². The van der Waals surface area contributed by atoms with Crippen molar-refractivity contribution in [2.75, 3.05) is 25.1 Å². The Morgan fingerprint density at radius 3 is 2.61 bits per heavy atom. The average molecular weight is 290 g/mol. The summed E-state index contributed by atoms with van der Waals surface area (Å²) in [5.41, 5.74) is 0.411. The van der Waals surface area contributed by atoms with Crippen molar-refractivity contribution in [3.05, 3.63) is 0 Å². The normalized spacial score (nSPS) is 22.1. The van der Waals surface area contributed by atoms with Crippen molar-refractivity contribution in [2.24, 2.45) is 10.4 Å². The Morgan fingerprint density at radius 1 is 1.50 bits per heavy atom. The van der Waals surface area contributed by atoms with Crippen LogP contribution in [0.15, 0.2) is 4.99 Å². The SMILES string of the molecule is CCC1(CC)CN=C(NCCC(C)S(C)=O)SC1. The molecule has 1 N–H and O–H groups in total. The minimum absolute atomic E-state index is 0.261. The highest BCUT2D eigenvalue weighted by Crippen LogP contribution is 2.34. The fourth-order valence-electron chi connectivity index (χ4n) is 1.89. The lowest BCUT2D eigenvalue weighted by molar-refractivity contribution is 0.318. The molecule has 0 radical (unpaired) electrons. The zero-order valence-corrected chi connectivity index (χ0v) is 13.6. The van der Waals surface area contributed by atoms with Crippen LogP contribution in [0.1, 0.15) is 40.0 Å². The second kappa shape index (κ2) is 7.53. The van der Waals surface area contributed by atoms with E-state index in [2.05, 4.69) is 24.2 Å². The van der Waals surface area contributed by atoms with E-state index in [4.69, 9.17) is 0 Å². The summed E-state index contributed by atoms with van der Waals surface area (Å²) in [6, 6.07) is 0. The highest BCUT2D eigenvalue weighted by molar-refractivity contribution is 8.13. The molecule has 0 aliphatic carbocycles. The van der Waals surface area contributed by atoms with Crippen molar-refractivity contribution in [3.8, 4) is 0 Å². The fourth-order valence-corrected chi connectivity index (χ4v) is 3.64. The molecule has 0 aromatic carbocycles. The second-order valence-corrected chi connectivity index (χ2v) is 7.91. The monoisotopic (exact) mass is 290 g/mol. The Bertz CT molecular complexity index is 314. The Hall–Kier alpha value is -0.0300.